The molecule has 2 heterocycles. The molecule has 1 aromatic heterocycles. The molecule has 36 heavy (non-hydrogen) atoms. The number of fused-ring (bicyclic) bond motifs is 1. The molecule has 3 aromatic rings. The maximum Gasteiger partial charge on any atom is 0.258 e. The zero-order valence-corrected chi connectivity index (χ0v) is 21.2. The van der Waals surface area contributed by atoms with Gasteiger partial charge in [0.15, 0.2) is 0 Å². The standard InChI is InChI=1S/C28H31N5O3/c1-17(2)35-25-11-9-18(12-20(25)13-29)27-30-26(31-36-27)24-7-5-6-22-19(8-10-23(22)24)14-33-15-21(16-33)28(34)32(3)4/h5-7,9,11-12,17,19,21H,8,10,14-16H2,1-4H3/t19-/m1/s1. The largest absolute Gasteiger partial charge is 0.490 e. The topological polar surface area (TPSA) is 95.5 Å². The molecule has 1 amide bonds. The third-order valence-corrected chi connectivity index (χ3v) is 7.00. The number of carbonyl (C=O) groups is 1. The zero-order valence-electron chi connectivity index (χ0n) is 21.2. The van der Waals surface area contributed by atoms with Gasteiger partial charge in [0.2, 0.25) is 11.7 Å². The molecule has 5 rings (SSSR count). The van der Waals surface area contributed by atoms with E-state index in [-0.39, 0.29) is 17.9 Å². The fraction of sp³-hybridized carbons (Fsp3) is 0.429. The molecule has 2 aromatic carbocycles. The van der Waals surface area contributed by atoms with E-state index >= 15 is 0 Å². The van der Waals surface area contributed by atoms with Crippen LogP contribution < -0.4 is 4.74 Å². The van der Waals surface area contributed by atoms with Crippen LogP contribution in [-0.2, 0) is 11.2 Å². The first-order valence-corrected chi connectivity index (χ1v) is 12.4. The first kappa shape index (κ1) is 24.0. The molecule has 0 saturated carbocycles. The molecule has 0 N–H and O–H groups in total. The Kier molecular flexibility index (Phi) is 6.50. The van der Waals surface area contributed by atoms with E-state index in [0.29, 0.717) is 34.5 Å². The van der Waals surface area contributed by atoms with Crippen LogP contribution in [0.25, 0.3) is 22.8 Å². The van der Waals surface area contributed by atoms with Gasteiger partial charge in [0.1, 0.15) is 11.8 Å². The number of nitriles is 1. The maximum absolute atomic E-state index is 12.2. The molecular formula is C28H31N5O3. The van der Waals surface area contributed by atoms with Crippen molar-refractivity contribution in [1.29, 1.82) is 5.26 Å². The van der Waals surface area contributed by atoms with Gasteiger partial charge in [-0.1, -0.05) is 23.4 Å². The van der Waals surface area contributed by atoms with Crippen LogP contribution in [0.4, 0.5) is 0 Å². The smallest absolute Gasteiger partial charge is 0.258 e. The van der Waals surface area contributed by atoms with E-state index in [9.17, 15) is 10.1 Å². The first-order chi connectivity index (χ1) is 17.3. The van der Waals surface area contributed by atoms with Crippen LogP contribution in [0.5, 0.6) is 5.75 Å². The van der Waals surface area contributed by atoms with Crippen molar-refractivity contribution in [2.75, 3.05) is 33.7 Å². The number of ether oxygens (including phenoxy) is 1. The van der Waals surface area contributed by atoms with Gasteiger partial charge in [-0.2, -0.15) is 10.2 Å². The summed E-state index contributed by atoms with van der Waals surface area (Å²) < 4.78 is 11.3. The Morgan fingerprint density at radius 1 is 1.28 bits per heavy atom. The lowest BCUT2D eigenvalue weighted by Crippen LogP contribution is -2.54. The molecule has 1 aliphatic heterocycles. The van der Waals surface area contributed by atoms with Gasteiger partial charge in [-0.05, 0) is 61.9 Å². The molecule has 1 aliphatic carbocycles. The summed E-state index contributed by atoms with van der Waals surface area (Å²) in [4.78, 5) is 20.9. The monoisotopic (exact) mass is 485 g/mol. The minimum Gasteiger partial charge on any atom is -0.490 e. The number of aromatic nitrogens is 2. The van der Waals surface area contributed by atoms with Crippen LogP contribution in [0.1, 0.15) is 42.9 Å². The van der Waals surface area contributed by atoms with Gasteiger partial charge >= 0.3 is 0 Å². The van der Waals surface area contributed by atoms with E-state index in [1.54, 1.807) is 17.0 Å². The average molecular weight is 486 g/mol. The number of carbonyl (C=O) groups excluding carboxylic acids is 1. The molecule has 8 heteroatoms. The van der Waals surface area contributed by atoms with Gasteiger partial charge in [-0.15, -0.1) is 0 Å². The van der Waals surface area contributed by atoms with Gasteiger partial charge in [-0.25, -0.2) is 0 Å². The van der Waals surface area contributed by atoms with Crippen molar-refractivity contribution in [3.63, 3.8) is 0 Å². The number of hydrogen-bond donors (Lipinski definition) is 0. The number of rotatable bonds is 7. The summed E-state index contributed by atoms with van der Waals surface area (Å²) in [6, 6.07) is 13.8. The molecule has 1 atom stereocenters. The number of benzene rings is 2. The third kappa shape index (κ3) is 4.59. The Hall–Kier alpha value is -3.70. The van der Waals surface area contributed by atoms with Crippen molar-refractivity contribution in [2.45, 2.75) is 38.7 Å². The van der Waals surface area contributed by atoms with Gasteiger partial charge in [0.25, 0.3) is 5.89 Å². The van der Waals surface area contributed by atoms with Crippen molar-refractivity contribution >= 4 is 5.91 Å². The predicted octanol–water partition coefficient (Wildman–Crippen LogP) is 4.11. The quantitative estimate of drug-likeness (QED) is 0.497. The summed E-state index contributed by atoms with van der Waals surface area (Å²) in [7, 11) is 3.64. The molecule has 0 radical (unpaired) electrons. The normalized spacial score (nSPS) is 17.5. The second-order valence-electron chi connectivity index (χ2n) is 10.2. The maximum atomic E-state index is 12.2. The predicted molar refractivity (Wildman–Crippen MR) is 135 cm³/mol. The van der Waals surface area contributed by atoms with Gasteiger partial charge in [0, 0.05) is 44.9 Å². The average Bonchev–Trinajstić information content (AvgIpc) is 3.48. The molecule has 1 saturated heterocycles. The molecule has 8 nitrogen and oxygen atoms in total. The first-order valence-electron chi connectivity index (χ1n) is 12.4. The van der Waals surface area contributed by atoms with Crippen LogP contribution in [0.2, 0.25) is 0 Å². The summed E-state index contributed by atoms with van der Waals surface area (Å²) in [6.07, 6.45) is 2.02. The fourth-order valence-corrected chi connectivity index (χ4v) is 5.25. The van der Waals surface area contributed by atoms with E-state index in [2.05, 4.69) is 33.2 Å². The third-order valence-electron chi connectivity index (χ3n) is 7.00. The lowest BCUT2D eigenvalue weighted by molar-refractivity contribution is -0.138. The Morgan fingerprint density at radius 2 is 2.08 bits per heavy atom. The lowest BCUT2D eigenvalue weighted by Gasteiger charge is -2.40. The van der Waals surface area contributed by atoms with E-state index in [0.717, 1.165) is 38.0 Å². The molecule has 186 valence electrons. The van der Waals surface area contributed by atoms with Crippen molar-refractivity contribution in [2.24, 2.45) is 5.92 Å². The van der Waals surface area contributed by atoms with Gasteiger partial charge < -0.3 is 19.1 Å². The van der Waals surface area contributed by atoms with Gasteiger partial charge in [-0.3, -0.25) is 4.79 Å². The number of amides is 1. The summed E-state index contributed by atoms with van der Waals surface area (Å²) in [5.74, 6) is 2.26. The molecule has 1 fully saturated rings. The van der Waals surface area contributed by atoms with Crippen LogP contribution in [-0.4, -0.2) is 65.7 Å². The van der Waals surface area contributed by atoms with Crippen molar-refractivity contribution in [3.05, 3.63) is 53.1 Å². The Balaban J connectivity index is 1.32. The highest BCUT2D eigenvalue weighted by Gasteiger charge is 2.36. The second kappa shape index (κ2) is 9.75. The second-order valence-corrected chi connectivity index (χ2v) is 10.2. The molecule has 2 aliphatic rings. The van der Waals surface area contributed by atoms with Crippen molar-refractivity contribution < 1.29 is 14.1 Å². The Labute approximate surface area is 211 Å². The minimum absolute atomic E-state index is 0.0231. The van der Waals surface area contributed by atoms with E-state index < -0.39 is 0 Å². The van der Waals surface area contributed by atoms with E-state index in [1.165, 1.54) is 11.1 Å². The van der Waals surface area contributed by atoms with Crippen LogP contribution >= 0.6 is 0 Å². The molecular weight excluding hydrogens is 454 g/mol. The molecule has 0 unspecified atom stereocenters. The number of hydrogen-bond acceptors (Lipinski definition) is 7. The van der Waals surface area contributed by atoms with Crippen LogP contribution in [0, 0.1) is 17.2 Å². The van der Waals surface area contributed by atoms with Crippen LogP contribution in [0.3, 0.4) is 0 Å². The highest BCUT2D eigenvalue weighted by Crippen LogP contribution is 2.40. The Morgan fingerprint density at radius 3 is 2.81 bits per heavy atom. The highest BCUT2D eigenvalue weighted by atomic mass is 16.5. The number of likely N-dealkylation sites (tertiary alicyclic amines) is 1. The molecule has 0 bridgehead atoms. The molecule has 0 spiro atoms. The number of nitrogens with zero attached hydrogens (tertiary/aromatic N) is 5. The Bertz CT molecular complexity index is 1320. The van der Waals surface area contributed by atoms with E-state index in [1.807, 2.05) is 40.1 Å². The van der Waals surface area contributed by atoms with Gasteiger partial charge in [0.05, 0.1) is 17.6 Å². The summed E-state index contributed by atoms with van der Waals surface area (Å²) >= 11 is 0. The highest BCUT2D eigenvalue weighted by molar-refractivity contribution is 5.79. The van der Waals surface area contributed by atoms with Crippen molar-refractivity contribution in [1.82, 2.24) is 19.9 Å². The fourth-order valence-electron chi connectivity index (χ4n) is 5.25. The summed E-state index contributed by atoms with van der Waals surface area (Å²) in [5, 5.41) is 13.8. The zero-order chi connectivity index (χ0) is 25.4. The van der Waals surface area contributed by atoms with E-state index in [4.69, 9.17) is 9.26 Å². The summed E-state index contributed by atoms with van der Waals surface area (Å²) in [5.41, 5.74) is 4.73. The SMILES string of the molecule is CC(C)Oc1ccc(-c2nc(-c3cccc4c3CC[C@@H]4CN3CC(C(=O)N(C)C)C3)no2)cc1C#N. The van der Waals surface area contributed by atoms with Crippen molar-refractivity contribution in [3.8, 4) is 34.7 Å². The minimum atomic E-state index is -0.0231. The summed E-state index contributed by atoms with van der Waals surface area (Å²) in [6.45, 7) is 6.49. The lowest BCUT2D eigenvalue weighted by atomic mass is 9.93. The van der Waals surface area contributed by atoms with Crippen LogP contribution in [0.15, 0.2) is 40.9 Å².